The minimum atomic E-state index is -1.21. The largest absolute Gasteiger partial charge is 0.478 e. The summed E-state index contributed by atoms with van der Waals surface area (Å²) < 4.78 is 0. The average Bonchev–Trinajstić information content (AvgIpc) is 2.44. The molecule has 0 unspecified atom stereocenters. The molecule has 20 heavy (non-hydrogen) atoms. The second-order valence-electron chi connectivity index (χ2n) is 3.85. The molecule has 0 aliphatic heterocycles. The number of benzene rings is 1. The number of hydrogen-bond donors (Lipinski definition) is 5. The monoisotopic (exact) mass is 280 g/mol. The maximum absolute atomic E-state index is 11.5. The lowest BCUT2D eigenvalue weighted by Gasteiger charge is -2.13. The van der Waals surface area contributed by atoms with Crippen LogP contribution < -0.4 is 10.6 Å². The number of carbonyl (C=O) groups is 2. The van der Waals surface area contributed by atoms with Crippen LogP contribution in [0.4, 0.5) is 11.4 Å². The highest BCUT2D eigenvalue weighted by atomic mass is 16.4. The van der Waals surface area contributed by atoms with Gasteiger partial charge in [-0.15, -0.1) is 0 Å². The van der Waals surface area contributed by atoms with Gasteiger partial charge in [-0.05, 0) is 17.7 Å². The van der Waals surface area contributed by atoms with Crippen molar-refractivity contribution >= 4 is 23.3 Å². The topological polar surface area (TPSA) is 119 Å². The van der Waals surface area contributed by atoms with Gasteiger partial charge < -0.3 is 26.0 Å². The molecule has 1 rings (SSSR count). The number of aliphatic hydroxyl groups excluding tert-OH is 2. The molecular weight excluding hydrogens is 264 g/mol. The van der Waals surface area contributed by atoms with Crippen molar-refractivity contribution in [2.45, 2.75) is 6.61 Å². The summed E-state index contributed by atoms with van der Waals surface area (Å²) >= 11 is 0. The summed E-state index contributed by atoms with van der Waals surface area (Å²) in [6, 6.07) is 4.84. The van der Waals surface area contributed by atoms with Gasteiger partial charge in [0, 0.05) is 18.7 Å². The van der Waals surface area contributed by atoms with Crippen LogP contribution >= 0.6 is 0 Å². The number of anilines is 2. The second-order valence-corrected chi connectivity index (χ2v) is 3.85. The zero-order valence-electron chi connectivity index (χ0n) is 10.7. The number of aliphatic hydroxyl groups is 2. The quantitative estimate of drug-likeness (QED) is 0.454. The lowest BCUT2D eigenvalue weighted by atomic mass is 10.1. The molecule has 5 N–H and O–H groups in total. The van der Waals surface area contributed by atoms with Gasteiger partial charge in [0.15, 0.2) is 0 Å². The van der Waals surface area contributed by atoms with Crippen molar-refractivity contribution in [2.75, 3.05) is 23.8 Å². The molecule has 0 spiro atoms. The first-order valence-corrected chi connectivity index (χ1v) is 5.87. The van der Waals surface area contributed by atoms with Gasteiger partial charge in [0.25, 0.3) is 0 Å². The molecule has 0 aliphatic carbocycles. The van der Waals surface area contributed by atoms with Crippen molar-refractivity contribution in [3.05, 3.63) is 35.9 Å². The van der Waals surface area contributed by atoms with Gasteiger partial charge in [0.2, 0.25) is 5.91 Å². The van der Waals surface area contributed by atoms with Crippen LogP contribution in [0.3, 0.4) is 0 Å². The number of nitrogens with one attached hydrogen (secondary N) is 2. The molecule has 1 amide bonds. The number of rotatable bonds is 7. The van der Waals surface area contributed by atoms with E-state index in [1.54, 1.807) is 18.2 Å². The zero-order valence-corrected chi connectivity index (χ0v) is 10.7. The van der Waals surface area contributed by atoms with Gasteiger partial charge in [-0.3, -0.25) is 4.79 Å². The van der Waals surface area contributed by atoms with Gasteiger partial charge in [0.05, 0.1) is 24.6 Å². The van der Waals surface area contributed by atoms with Crippen molar-refractivity contribution in [2.24, 2.45) is 0 Å². The zero-order chi connectivity index (χ0) is 15.0. The molecular formula is C13H16N2O5. The molecule has 108 valence electrons. The average molecular weight is 280 g/mol. The number of amides is 1. The molecule has 0 aliphatic rings. The summed E-state index contributed by atoms with van der Waals surface area (Å²) in [6.07, 6.45) is 1.64. The van der Waals surface area contributed by atoms with E-state index in [0.29, 0.717) is 16.9 Å². The van der Waals surface area contributed by atoms with Crippen LogP contribution in [0.5, 0.6) is 0 Å². The summed E-state index contributed by atoms with van der Waals surface area (Å²) in [5.41, 5.74) is 1.60. The minimum Gasteiger partial charge on any atom is -0.478 e. The van der Waals surface area contributed by atoms with Crippen LogP contribution in [0.2, 0.25) is 0 Å². The fourth-order valence-electron chi connectivity index (χ4n) is 1.46. The first-order valence-electron chi connectivity index (χ1n) is 5.87. The van der Waals surface area contributed by atoms with Crippen molar-refractivity contribution in [3.63, 3.8) is 0 Å². The van der Waals surface area contributed by atoms with Crippen LogP contribution in [-0.4, -0.2) is 40.3 Å². The Hall–Kier alpha value is -2.38. The molecule has 0 aromatic heterocycles. The number of aliphatic carboxylic acids is 1. The Morgan fingerprint density at radius 3 is 2.50 bits per heavy atom. The van der Waals surface area contributed by atoms with Crippen LogP contribution in [0.25, 0.3) is 0 Å². The minimum absolute atomic E-state index is 0.0876. The van der Waals surface area contributed by atoms with Crippen LogP contribution in [0.15, 0.2) is 30.4 Å². The van der Waals surface area contributed by atoms with Crippen LogP contribution in [0.1, 0.15) is 5.56 Å². The SMILES string of the molecule is O=C(O)/C=C/C(=O)Nc1ccc(CO)cc1NCCO. The molecule has 7 nitrogen and oxygen atoms in total. The smallest absolute Gasteiger partial charge is 0.328 e. The van der Waals surface area contributed by atoms with Crippen LogP contribution in [0, 0.1) is 0 Å². The Labute approximate surface area is 115 Å². The van der Waals surface area contributed by atoms with Gasteiger partial charge in [0.1, 0.15) is 0 Å². The highest BCUT2D eigenvalue weighted by Gasteiger charge is 2.06. The Balaban J connectivity index is 2.86. The van der Waals surface area contributed by atoms with E-state index in [2.05, 4.69) is 10.6 Å². The van der Waals surface area contributed by atoms with E-state index in [9.17, 15) is 9.59 Å². The molecule has 0 atom stereocenters. The van der Waals surface area contributed by atoms with E-state index in [1.165, 1.54) is 0 Å². The molecule has 0 saturated heterocycles. The molecule has 7 heteroatoms. The van der Waals surface area contributed by atoms with Crippen molar-refractivity contribution in [1.29, 1.82) is 0 Å². The molecule has 0 bridgehead atoms. The van der Waals surface area contributed by atoms with Gasteiger partial charge in [-0.1, -0.05) is 6.07 Å². The maximum Gasteiger partial charge on any atom is 0.328 e. The predicted molar refractivity (Wildman–Crippen MR) is 73.3 cm³/mol. The maximum atomic E-state index is 11.5. The first-order chi connectivity index (χ1) is 9.56. The summed E-state index contributed by atoms with van der Waals surface area (Å²) in [5, 5.41) is 31.7. The third kappa shape index (κ3) is 5.09. The van der Waals surface area contributed by atoms with E-state index in [0.717, 1.165) is 12.2 Å². The van der Waals surface area contributed by atoms with Crippen LogP contribution in [-0.2, 0) is 16.2 Å². The molecule has 0 saturated carbocycles. The Kier molecular flexibility index (Phi) is 6.21. The van der Waals surface area contributed by atoms with Gasteiger partial charge >= 0.3 is 5.97 Å². The molecule has 1 aromatic carbocycles. The Bertz CT molecular complexity index is 513. The summed E-state index contributed by atoms with van der Waals surface area (Å²) in [6.45, 7) is 0.0410. The number of carboxylic acids is 1. The third-order valence-electron chi connectivity index (χ3n) is 2.33. The van der Waals surface area contributed by atoms with E-state index in [-0.39, 0.29) is 19.8 Å². The summed E-state index contributed by atoms with van der Waals surface area (Å²) in [4.78, 5) is 21.8. The number of carbonyl (C=O) groups excluding carboxylic acids is 1. The van der Waals surface area contributed by atoms with E-state index in [1.807, 2.05) is 0 Å². The Morgan fingerprint density at radius 1 is 1.15 bits per heavy atom. The molecule has 0 radical (unpaired) electrons. The van der Waals surface area contributed by atoms with Crippen molar-refractivity contribution in [1.82, 2.24) is 0 Å². The fraction of sp³-hybridized carbons (Fsp3) is 0.231. The number of carboxylic acid groups (broad SMARTS) is 1. The van der Waals surface area contributed by atoms with Crippen molar-refractivity contribution in [3.8, 4) is 0 Å². The van der Waals surface area contributed by atoms with E-state index >= 15 is 0 Å². The molecule has 0 fully saturated rings. The molecule has 0 heterocycles. The third-order valence-corrected chi connectivity index (χ3v) is 2.33. The lowest BCUT2D eigenvalue weighted by Crippen LogP contribution is -2.13. The fourth-order valence-corrected chi connectivity index (χ4v) is 1.46. The van der Waals surface area contributed by atoms with E-state index < -0.39 is 11.9 Å². The summed E-state index contributed by atoms with van der Waals surface area (Å²) in [5.74, 6) is -1.80. The second kappa shape index (κ2) is 7.93. The highest BCUT2D eigenvalue weighted by Crippen LogP contribution is 2.23. The van der Waals surface area contributed by atoms with Crippen molar-refractivity contribution < 1.29 is 24.9 Å². The summed E-state index contributed by atoms with van der Waals surface area (Å²) in [7, 11) is 0. The van der Waals surface area contributed by atoms with E-state index in [4.69, 9.17) is 15.3 Å². The molecule has 1 aromatic rings. The normalized spacial score (nSPS) is 10.5. The lowest BCUT2D eigenvalue weighted by molar-refractivity contribution is -0.131. The highest BCUT2D eigenvalue weighted by molar-refractivity contribution is 6.04. The standard InChI is InChI=1S/C13H16N2O5/c16-6-5-14-11-7-9(8-17)1-2-10(11)15-12(18)3-4-13(19)20/h1-4,7,14,16-17H,5-6,8H2,(H,15,18)(H,19,20)/b4-3+. The van der Waals surface area contributed by atoms with Gasteiger partial charge in [-0.2, -0.15) is 0 Å². The first kappa shape index (κ1) is 15.7. The van der Waals surface area contributed by atoms with Gasteiger partial charge in [-0.25, -0.2) is 4.79 Å². The Morgan fingerprint density at radius 2 is 1.90 bits per heavy atom. The number of hydrogen-bond acceptors (Lipinski definition) is 5. The predicted octanol–water partition coefficient (Wildman–Crippen LogP) is 0.162.